The van der Waals surface area contributed by atoms with Crippen LogP contribution in [0.15, 0.2) is 24.3 Å². The Balaban J connectivity index is 1.96. The Labute approximate surface area is 137 Å². The molecule has 1 aromatic carbocycles. The summed E-state index contributed by atoms with van der Waals surface area (Å²) in [5.74, 6) is 0.958. The predicted molar refractivity (Wildman–Crippen MR) is 87.1 cm³/mol. The molecule has 3 rings (SSSR count). The van der Waals surface area contributed by atoms with Gasteiger partial charge in [-0.3, -0.25) is 9.59 Å². The second-order valence-corrected chi connectivity index (χ2v) is 6.79. The van der Waals surface area contributed by atoms with E-state index in [1.807, 2.05) is 29.2 Å². The van der Waals surface area contributed by atoms with Crippen LogP contribution in [0.5, 0.6) is 5.75 Å². The van der Waals surface area contributed by atoms with Crippen molar-refractivity contribution in [1.82, 2.24) is 10.2 Å². The molecule has 0 radical (unpaired) electrons. The molecule has 2 fully saturated rings. The van der Waals surface area contributed by atoms with Crippen molar-refractivity contribution in [2.24, 2.45) is 0 Å². The molecule has 0 aromatic heterocycles. The monoisotopic (exact) mass is 316 g/mol. The third-order valence-electron chi connectivity index (χ3n) is 5.19. The minimum absolute atomic E-state index is 0.00759. The SMILES string of the molecule is COc1ccc([C@@H]2C[C@]3(C)NC(=O)CCC[C@@H]3N2C(C)=O)cc1. The van der Waals surface area contributed by atoms with Crippen molar-refractivity contribution in [1.29, 1.82) is 0 Å². The molecule has 0 spiro atoms. The largest absolute Gasteiger partial charge is 0.497 e. The van der Waals surface area contributed by atoms with Gasteiger partial charge >= 0.3 is 0 Å². The van der Waals surface area contributed by atoms with Gasteiger partial charge in [-0.1, -0.05) is 12.1 Å². The minimum atomic E-state index is -0.357. The molecule has 124 valence electrons. The van der Waals surface area contributed by atoms with Crippen molar-refractivity contribution < 1.29 is 14.3 Å². The highest BCUT2D eigenvalue weighted by molar-refractivity contribution is 5.79. The zero-order valence-corrected chi connectivity index (χ0v) is 14.0. The number of ether oxygens (including phenoxy) is 1. The number of hydrogen-bond acceptors (Lipinski definition) is 3. The standard InChI is InChI=1S/C18H24N2O3/c1-12(21)20-15(13-7-9-14(23-3)10-8-13)11-18(2)16(20)5-4-6-17(22)19-18/h7-10,15-16H,4-6,11H2,1-3H3,(H,19,22)/t15-,16-,18-/m0/s1. The maximum Gasteiger partial charge on any atom is 0.220 e. The van der Waals surface area contributed by atoms with E-state index in [0.717, 1.165) is 30.6 Å². The zero-order chi connectivity index (χ0) is 16.6. The lowest BCUT2D eigenvalue weighted by atomic mass is 9.88. The lowest BCUT2D eigenvalue weighted by Crippen LogP contribution is -2.53. The highest BCUT2D eigenvalue weighted by atomic mass is 16.5. The Hall–Kier alpha value is -2.04. The van der Waals surface area contributed by atoms with E-state index in [1.165, 1.54) is 0 Å². The first kappa shape index (κ1) is 15.8. The molecule has 2 saturated heterocycles. The molecular weight excluding hydrogens is 292 g/mol. The second-order valence-electron chi connectivity index (χ2n) is 6.79. The van der Waals surface area contributed by atoms with Gasteiger partial charge in [0.25, 0.3) is 0 Å². The summed E-state index contributed by atoms with van der Waals surface area (Å²) in [6.45, 7) is 3.69. The summed E-state index contributed by atoms with van der Waals surface area (Å²) in [6.07, 6.45) is 2.98. The molecule has 2 aliphatic heterocycles. The van der Waals surface area contributed by atoms with E-state index in [9.17, 15) is 9.59 Å². The van der Waals surface area contributed by atoms with Crippen LogP contribution in [-0.4, -0.2) is 35.4 Å². The van der Waals surface area contributed by atoms with Gasteiger partial charge in [-0.15, -0.1) is 0 Å². The van der Waals surface area contributed by atoms with E-state index in [4.69, 9.17) is 4.74 Å². The fraction of sp³-hybridized carbons (Fsp3) is 0.556. The number of nitrogens with zero attached hydrogens (tertiary/aromatic N) is 1. The highest BCUT2D eigenvalue weighted by Gasteiger charge is 2.52. The first-order valence-electron chi connectivity index (χ1n) is 8.18. The number of carbonyl (C=O) groups is 2. The Morgan fingerprint density at radius 1 is 1.35 bits per heavy atom. The van der Waals surface area contributed by atoms with Crippen LogP contribution in [0, 0.1) is 0 Å². The summed E-state index contributed by atoms with van der Waals surface area (Å²) in [4.78, 5) is 26.3. The fourth-order valence-corrected chi connectivity index (χ4v) is 4.13. The first-order chi connectivity index (χ1) is 10.9. The van der Waals surface area contributed by atoms with Crippen LogP contribution >= 0.6 is 0 Å². The number of rotatable bonds is 2. The lowest BCUT2D eigenvalue weighted by molar-refractivity contribution is -0.132. The maximum absolute atomic E-state index is 12.3. The van der Waals surface area contributed by atoms with E-state index in [1.54, 1.807) is 14.0 Å². The number of carbonyl (C=O) groups excluding carboxylic acids is 2. The number of hydrogen-bond donors (Lipinski definition) is 1. The van der Waals surface area contributed by atoms with Gasteiger partial charge in [0, 0.05) is 13.3 Å². The second kappa shape index (κ2) is 5.87. The average molecular weight is 316 g/mol. The van der Waals surface area contributed by atoms with Crippen LogP contribution in [0.3, 0.4) is 0 Å². The molecule has 5 heteroatoms. The summed E-state index contributed by atoms with van der Waals surface area (Å²) in [7, 11) is 1.64. The number of methoxy groups -OCH3 is 1. The molecule has 0 aliphatic carbocycles. The number of nitrogens with one attached hydrogen (secondary N) is 1. The Morgan fingerprint density at radius 3 is 2.65 bits per heavy atom. The first-order valence-corrected chi connectivity index (χ1v) is 8.18. The Bertz CT molecular complexity index is 613. The summed E-state index contributed by atoms with van der Waals surface area (Å²) < 4.78 is 5.21. The van der Waals surface area contributed by atoms with Crippen LogP contribution in [0.4, 0.5) is 0 Å². The van der Waals surface area contributed by atoms with E-state index in [0.29, 0.717) is 6.42 Å². The van der Waals surface area contributed by atoms with E-state index in [-0.39, 0.29) is 29.4 Å². The number of fused-ring (bicyclic) bond motifs is 1. The van der Waals surface area contributed by atoms with Gasteiger partial charge in [-0.05, 0) is 43.9 Å². The molecule has 0 saturated carbocycles. The summed E-state index contributed by atoms with van der Waals surface area (Å²) in [5.41, 5.74) is 0.730. The summed E-state index contributed by atoms with van der Waals surface area (Å²) >= 11 is 0. The Kier molecular flexibility index (Phi) is 4.04. The average Bonchev–Trinajstić information content (AvgIpc) is 2.71. The quantitative estimate of drug-likeness (QED) is 0.911. The smallest absolute Gasteiger partial charge is 0.220 e. The normalized spacial score (nSPS) is 30.4. The van der Waals surface area contributed by atoms with Crippen molar-refractivity contribution in [3.05, 3.63) is 29.8 Å². The van der Waals surface area contributed by atoms with Crippen LogP contribution in [0.1, 0.15) is 51.1 Å². The molecule has 5 nitrogen and oxygen atoms in total. The summed E-state index contributed by atoms with van der Waals surface area (Å²) in [6, 6.07) is 7.90. The van der Waals surface area contributed by atoms with Gasteiger partial charge in [-0.2, -0.15) is 0 Å². The molecule has 0 unspecified atom stereocenters. The van der Waals surface area contributed by atoms with Gasteiger partial charge < -0.3 is 15.0 Å². The number of likely N-dealkylation sites (tertiary alicyclic amines) is 1. The molecular formula is C18H24N2O3. The molecule has 2 heterocycles. The van der Waals surface area contributed by atoms with Gasteiger partial charge in [0.05, 0.1) is 24.7 Å². The van der Waals surface area contributed by atoms with E-state index in [2.05, 4.69) is 12.2 Å². The van der Waals surface area contributed by atoms with Crippen molar-refractivity contribution in [2.45, 2.75) is 57.2 Å². The van der Waals surface area contributed by atoms with Crippen LogP contribution < -0.4 is 10.1 Å². The molecule has 2 amide bonds. The lowest BCUT2D eigenvalue weighted by Gasteiger charge is -2.34. The molecule has 2 aliphatic rings. The Morgan fingerprint density at radius 2 is 2.04 bits per heavy atom. The van der Waals surface area contributed by atoms with E-state index < -0.39 is 0 Å². The van der Waals surface area contributed by atoms with Crippen molar-refractivity contribution >= 4 is 11.8 Å². The summed E-state index contributed by atoms with van der Waals surface area (Å²) in [5, 5.41) is 3.17. The predicted octanol–water partition coefficient (Wildman–Crippen LogP) is 2.42. The fourth-order valence-electron chi connectivity index (χ4n) is 4.13. The third kappa shape index (κ3) is 2.80. The topological polar surface area (TPSA) is 58.6 Å². The highest BCUT2D eigenvalue weighted by Crippen LogP contribution is 2.45. The number of amides is 2. The molecule has 3 atom stereocenters. The van der Waals surface area contributed by atoms with Crippen molar-refractivity contribution in [3.8, 4) is 5.75 Å². The number of benzene rings is 1. The van der Waals surface area contributed by atoms with Crippen LogP contribution in [-0.2, 0) is 9.59 Å². The molecule has 0 bridgehead atoms. The molecule has 23 heavy (non-hydrogen) atoms. The van der Waals surface area contributed by atoms with Gasteiger partial charge in [0.15, 0.2) is 0 Å². The van der Waals surface area contributed by atoms with Crippen molar-refractivity contribution in [2.75, 3.05) is 7.11 Å². The van der Waals surface area contributed by atoms with Gasteiger partial charge in [0.2, 0.25) is 11.8 Å². The third-order valence-corrected chi connectivity index (χ3v) is 5.19. The maximum atomic E-state index is 12.3. The minimum Gasteiger partial charge on any atom is -0.497 e. The van der Waals surface area contributed by atoms with Gasteiger partial charge in [-0.25, -0.2) is 0 Å². The van der Waals surface area contributed by atoms with E-state index >= 15 is 0 Å². The molecule has 1 N–H and O–H groups in total. The van der Waals surface area contributed by atoms with Crippen LogP contribution in [0.25, 0.3) is 0 Å². The zero-order valence-electron chi connectivity index (χ0n) is 14.0. The van der Waals surface area contributed by atoms with Gasteiger partial charge in [0.1, 0.15) is 5.75 Å². The van der Waals surface area contributed by atoms with Crippen molar-refractivity contribution in [3.63, 3.8) is 0 Å². The van der Waals surface area contributed by atoms with Crippen LogP contribution in [0.2, 0.25) is 0 Å². The molecule has 1 aromatic rings.